The first-order valence-corrected chi connectivity index (χ1v) is 11.2. The van der Waals surface area contributed by atoms with Gasteiger partial charge in [-0.2, -0.15) is 0 Å². The van der Waals surface area contributed by atoms with Crippen molar-refractivity contribution >= 4 is 23.4 Å². The molecule has 1 aliphatic heterocycles. The summed E-state index contributed by atoms with van der Waals surface area (Å²) < 4.78 is 33.4. The first-order chi connectivity index (χ1) is 16.9. The van der Waals surface area contributed by atoms with Gasteiger partial charge in [0.25, 0.3) is 0 Å². The van der Waals surface area contributed by atoms with Crippen LogP contribution in [0.5, 0.6) is 17.2 Å². The highest BCUT2D eigenvalue weighted by Gasteiger charge is 2.80. The van der Waals surface area contributed by atoms with E-state index in [1.807, 2.05) is 0 Å². The van der Waals surface area contributed by atoms with E-state index >= 15 is 0 Å². The normalized spacial score (nSPS) is 23.4. The zero-order valence-electron chi connectivity index (χ0n) is 18.3. The number of fused-ring (bicyclic) bond motifs is 2. The number of nitrogens with zero attached hydrogens (tertiary/aromatic N) is 1. The van der Waals surface area contributed by atoms with E-state index in [9.17, 15) is 23.5 Å². The number of halogens is 2. The zero-order chi connectivity index (χ0) is 24.3. The number of phenols is 1. The van der Waals surface area contributed by atoms with Crippen LogP contribution < -0.4 is 20.7 Å². The van der Waals surface area contributed by atoms with Crippen LogP contribution in [0.25, 0.3) is 0 Å². The molecule has 2 aromatic carbocycles. The lowest BCUT2D eigenvalue weighted by molar-refractivity contribution is -0.116. The van der Waals surface area contributed by atoms with Crippen molar-refractivity contribution in [3.8, 4) is 17.2 Å². The minimum atomic E-state index is -1.12. The molecule has 10 heteroatoms. The molecule has 2 saturated carbocycles. The third-order valence-corrected chi connectivity index (χ3v) is 6.89. The van der Waals surface area contributed by atoms with Gasteiger partial charge in [0, 0.05) is 29.7 Å². The van der Waals surface area contributed by atoms with Crippen molar-refractivity contribution in [2.75, 3.05) is 10.6 Å². The molecule has 3 amide bonds. The zero-order valence-corrected chi connectivity index (χ0v) is 18.3. The van der Waals surface area contributed by atoms with Gasteiger partial charge in [0.1, 0.15) is 23.1 Å². The van der Waals surface area contributed by atoms with E-state index < -0.39 is 23.2 Å². The summed E-state index contributed by atoms with van der Waals surface area (Å²) in [5.41, 5.74) is 0.649. The number of ether oxygens (including phenoxy) is 1. The number of urea groups is 1. The number of carbonyl (C=O) groups excluding carboxylic acids is 2. The lowest BCUT2D eigenvalue weighted by Crippen LogP contribution is -2.36. The third-order valence-electron chi connectivity index (χ3n) is 6.89. The Labute approximate surface area is 198 Å². The molecule has 3 aliphatic rings. The molecule has 2 fully saturated rings. The van der Waals surface area contributed by atoms with Crippen molar-refractivity contribution in [1.82, 2.24) is 10.3 Å². The van der Waals surface area contributed by atoms with Crippen LogP contribution >= 0.6 is 0 Å². The Balaban J connectivity index is 1.18. The van der Waals surface area contributed by atoms with E-state index in [0.717, 1.165) is 18.1 Å². The number of benzene rings is 2. The van der Waals surface area contributed by atoms with Crippen LogP contribution in [0.1, 0.15) is 29.9 Å². The highest BCUT2D eigenvalue weighted by molar-refractivity contribution is 5.93. The number of carbonyl (C=O) groups is 2. The van der Waals surface area contributed by atoms with E-state index in [2.05, 4.69) is 20.9 Å². The molecule has 0 bridgehead atoms. The number of pyridine rings is 1. The smallest absolute Gasteiger partial charge is 0.319 e. The van der Waals surface area contributed by atoms with Gasteiger partial charge in [-0.05, 0) is 55.2 Å². The molecule has 178 valence electrons. The Morgan fingerprint density at radius 3 is 2.89 bits per heavy atom. The molecule has 3 atom stereocenters. The predicted octanol–water partition coefficient (Wildman–Crippen LogP) is 4.42. The van der Waals surface area contributed by atoms with Gasteiger partial charge in [-0.3, -0.25) is 4.79 Å². The van der Waals surface area contributed by atoms with Crippen molar-refractivity contribution in [2.24, 2.45) is 5.92 Å². The van der Waals surface area contributed by atoms with E-state index in [0.29, 0.717) is 35.7 Å². The highest BCUT2D eigenvalue weighted by atomic mass is 19.2. The maximum atomic E-state index is 13.9. The molecular formula is C25H20F2N4O4. The summed E-state index contributed by atoms with van der Waals surface area (Å²) in [5.74, 6) is -0.636. The number of rotatable bonds is 5. The van der Waals surface area contributed by atoms with Crippen LogP contribution in [0.3, 0.4) is 0 Å². The lowest BCUT2D eigenvalue weighted by Gasteiger charge is -2.20. The number of aromatic nitrogens is 1. The molecule has 6 rings (SSSR count). The largest absolute Gasteiger partial charge is 0.508 e. The predicted molar refractivity (Wildman–Crippen MR) is 121 cm³/mol. The van der Waals surface area contributed by atoms with E-state index in [4.69, 9.17) is 4.74 Å². The first-order valence-electron chi connectivity index (χ1n) is 11.2. The van der Waals surface area contributed by atoms with Gasteiger partial charge in [0.15, 0.2) is 11.6 Å². The van der Waals surface area contributed by atoms with Crippen LogP contribution in [0.2, 0.25) is 0 Å². The number of aromatic hydroxyl groups is 1. The van der Waals surface area contributed by atoms with Crippen molar-refractivity contribution in [3.05, 3.63) is 71.4 Å². The topological polar surface area (TPSA) is 113 Å². The van der Waals surface area contributed by atoms with Crippen LogP contribution in [-0.4, -0.2) is 27.6 Å². The number of hydrogen-bond donors (Lipinski definition) is 4. The Bertz CT molecular complexity index is 1400. The summed E-state index contributed by atoms with van der Waals surface area (Å²) in [5, 5.41) is 18.4. The molecule has 0 unspecified atom stereocenters. The summed E-state index contributed by atoms with van der Waals surface area (Å²) in [6, 6.07) is 9.54. The number of anilines is 2. The Morgan fingerprint density at radius 2 is 2.06 bits per heavy atom. The molecule has 0 radical (unpaired) electrons. The average Bonchev–Trinajstić information content (AvgIpc) is 3.69. The Morgan fingerprint density at radius 1 is 1.20 bits per heavy atom. The van der Waals surface area contributed by atoms with Gasteiger partial charge in [-0.15, -0.1) is 0 Å². The molecule has 8 nitrogen and oxygen atoms in total. The molecule has 0 saturated heterocycles. The van der Waals surface area contributed by atoms with Gasteiger partial charge in [0.2, 0.25) is 5.91 Å². The van der Waals surface area contributed by atoms with Crippen molar-refractivity contribution in [1.29, 1.82) is 0 Å². The number of amides is 3. The summed E-state index contributed by atoms with van der Waals surface area (Å²) in [6.45, 7) is 0. The van der Waals surface area contributed by atoms with Crippen molar-refractivity contribution in [2.45, 2.75) is 30.7 Å². The minimum absolute atomic E-state index is 0.0799. The maximum absolute atomic E-state index is 13.9. The number of nitrogens with one attached hydrogen (secondary N) is 3. The quantitative estimate of drug-likeness (QED) is 0.434. The van der Waals surface area contributed by atoms with Crippen LogP contribution in [0.15, 0.2) is 48.7 Å². The van der Waals surface area contributed by atoms with Gasteiger partial charge in [-0.1, -0.05) is 6.07 Å². The second kappa shape index (κ2) is 7.66. The SMILES string of the molecule is O=C1CCc2c(Oc3ccc(O)c([C@@H]4[C@@H]5C[C@@]45NC(=O)Nc4cccc(F)c4F)c3)ccnc2N1. The fourth-order valence-electron chi connectivity index (χ4n) is 4.91. The Hall–Kier alpha value is -4.21. The maximum Gasteiger partial charge on any atom is 0.319 e. The van der Waals surface area contributed by atoms with Crippen LogP contribution in [0.4, 0.5) is 25.1 Å². The molecule has 1 aromatic heterocycles. The molecule has 2 aliphatic carbocycles. The van der Waals surface area contributed by atoms with E-state index in [1.165, 1.54) is 18.2 Å². The monoisotopic (exact) mass is 478 g/mol. The van der Waals surface area contributed by atoms with Gasteiger partial charge in [0.05, 0.1) is 11.2 Å². The summed E-state index contributed by atoms with van der Waals surface area (Å²) >= 11 is 0. The molecule has 0 spiro atoms. The van der Waals surface area contributed by atoms with Crippen LogP contribution in [0, 0.1) is 17.6 Å². The molecule has 3 aromatic rings. The molecule has 4 N–H and O–H groups in total. The molecule has 2 heterocycles. The average molecular weight is 478 g/mol. The second-order valence-electron chi connectivity index (χ2n) is 9.02. The van der Waals surface area contributed by atoms with Crippen molar-refractivity contribution in [3.63, 3.8) is 0 Å². The van der Waals surface area contributed by atoms with E-state index in [1.54, 1.807) is 24.4 Å². The fraction of sp³-hybridized carbons (Fsp3) is 0.240. The first kappa shape index (κ1) is 21.3. The summed E-state index contributed by atoms with van der Waals surface area (Å²) in [7, 11) is 0. The third kappa shape index (κ3) is 3.61. The molecular weight excluding hydrogens is 458 g/mol. The fourth-order valence-corrected chi connectivity index (χ4v) is 4.91. The summed E-state index contributed by atoms with van der Waals surface area (Å²) in [6.07, 6.45) is 3.12. The highest BCUT2D eigenvalue weighted by Crippen LogP contribution is 2.77. The number of phenolic OH excluding ortho intramolecular Hbond substituents is 1. The Kier molecular flexibility index (Phi) is 4.67. The minimum Gasteiger partial charge on any atom is -0.508 e. The van der Waals surface area contributed by atoms with Gasteiger partial charge in [-0.25, -0.2) is 18.6 Å². The van der Waals surface area contributed by atoms with Gasteiger partial charge >= 0.3 is 6.03 Å². The molecule has 35 heavy (non-hydrogen) atoms. The van der Waals surface area contributed by atoms with Crippen LogP contribution in [-0.2, 0) is 11.2 Å². The second-order valence-corrected chi connectivity index (χ2v) is 9.02. The van der Waals surface area contributed by atoms with E-state index in [-0.39, 0.29) is 29.2 Å². The van der Waals surface area contributed by atoms with Crippen molar-refractivity contribution < 1.29 is 28.2 Å². The standard InChI is InChI=1S/C25H20F2N4O4/c26-16-2-1-3-17(22(16)27)29-24(34)31-25-11-15(25)21(25)14-10-12(4-6-18(14)32)35-19-8-9-28-23-13(19)5-7-20(33)30-23/h1-4,6,8-10,15,21,32H,5,7,11H2,(H,28,30,33)(H2,29,31,34)/t15-,21+,25-/m0/s1. The van der Waals surface area contributed by atoms with Gasteiger partial charge < -0.3 is 25.8 Å². The number of hydrogen-bond acceptors (Lipinski definition) is 5. The lowest BCUT2D eigenvalue weighted by atomic mass is 9.99. The summed E-state index contributed by atoms with van der Waals surface area (Å²) in [4.78, 5) is 28.3.